The van der Waals surface area contributed by atoms with Crippen LogP contribution < -0.4 is 15.1 Å². The first-order chi connectivity index (χ1) is 11.9. The quantitative estimate of drug-likeness (QED) is 0.923. The van der Waals surface area contributed by atoms with Crippen molar-refractivity contribution in [3.05, 3.63) is 36.5 Å². The van der Waals surface area contributed by atoms with Crippen LogP contribution in [0.1, 0.15) is 20.8 Å². The molecule has 0 unspecified atom stereocenters. The summed E-state index contributed by atoms with van der Waals surface area (Å²) in [5.41, 5.74) is -0.456. The number of hydrogen-bond donors (Lipinski definition) is 1. The minimum Gasteiger partial charge on any atom is -0.353 e. The molecule has 1 aliphatic heterocycles. The van der Waals surface area contributed by atoms with E-state index in [-0.39, 0.29) is 5.91 Å². The van der Waals surface area contributed by atoms with Gasteiger partial charge in [0.15, 0.2) is 11.6 Å². The number of carbonyl (C=O) groups is 1. The first-order valence-electron chi connectivity index (χ1n) is 8.49. The van der Waals surface area contributed by atoms with Crippen molar-refractivity contribution in [2.45, 2.75) is 20.8 Å². The van der Waals surface area contributed by atoms with Crippen molar-refractivity contribution in [3.8, 4) is 0 Å². The Bertz CT molecular complexity index is 703. The van der Waals surface area contributed by atoms with E-state index < -0.39 is 5.41 Å². The summed E-state index contributed by atoms with van der Waals surface area (Å²) in [4.78, 5) is 20.9. The van der Waals surface area contributed by atoms with E-state index in [0.717, 1.165) is 37.8 Å². The monoisotopic (exact) mass is 340 g/mol. The van der Waals surface area contributed by atoms with Gasteiger partial charge in [-0.2, -0.15) is 0 Å². The summed E-state index contributed by atoms with van der Waals surface area (Å²) < 4.78 is 0. The Morgan fingerprint density at radius 3 is 2.16 bits per heavy atom. The number of aromatic nitrogens is 3. The van der Waals surface area contributed by atoms with Gasteiger partial charge >= 0.3 is 0 Å². The molecule has 3 rings (SSSR count). The highest BCUT2D eigenvalue weighted by Gasteiger charge is 2.22. The Balaban J connectivity index is 1.58. The van der Waals surface area contributed by atoms with Gasteiger partial charge in [0.25, 0.3) is 0 Å². The summed E-state index contributed by atoms with van der Waals surface area (Å²) in [6, 6.07) is 9.67. The molecule has 1 aliphatic rings. The van der Waals surface area contributed by atoms with Crippen LogP contribution in [0.25, 0.3) is 0 Å². The molecule has 2 aromatic heterocycles. The van der Waals surface area contributed by atoms with Gasteiger partial charge in [0.2, 0.25) is 5.91 Å². The fraction of sp³-hybridized carbons (Fsp3) is 0.444. The summed E-state index contributed by atoms with van der Waals surface area (Å²) in [5.74, 6) is 2.25. The third-order valence-corrected chi connectivity index (χ3v) is 4.15. The number of nitrogens with one attached hydrogen (secondary N) is 1. The molecular weight excluding hydrogens is 316 g/mol. The zero-order chi connectivity index (χ0) is 17.9. The molecule has 132 valence electrons. The van der Waals surface area contributed by atoms with Crippen molar-refractivity contribution in [3.63, 3.8) is 0 Å². The smallest absolute Gasteiger partial charge is 0.230 e. The van der Waals surface area contributed by atoms with E-state index in [9.17, 15) is 4.79 Å². The molecular formula is C18H24N6O. The molecule has 0 spiro atoms. The van der Waals surface area contributed by atoms with E-state index in [2.05, 4.69) is 30.3 Å². The number of piperazine rings is 1. The van der Waals surface area contributed by atoms with Gasteiger partial charge in [-0.25, -0.2) is 4.98 Å². The fourth-order valence-corrected chi connectivity index (χ4v) is 2.57. The van der Waals surface area contributed by atoms with Crippen LogP contribution in [-0.4, -0.2) is 47.3 Å². The molecule has 1 fully saturated rings. The molecule has 1 saturated heterocycles. The van der Waals surface area contributed by atoms with Crippen molar-refractivity contribution < 1.29 is 4.79 Å². The second kappa shape index (κ2) is 7.04. The zero-order valence-corrected chi connectivity index (χ0v) is 14.9. The second-order valence-electron chi connectivity index (χ2n) is 7.14. The van der Waals surface area contributed by atoms with E-state index in [1.165, 1.54) is 0 Å². The lowest BCUT2D eigenvalue weighted by molar-refractivity contribution is -0.123. The summed E-state index contributed by atoms with van der Waals surface area (Å²) in [6.07, 6.45) is 1.82. The molecule has 3 heterocycles. The van der Waals surface area contributed by atoms with Crippen molar-refractivity contribution in [1.82, 2.24) is 15.2 Å². The van der Waals surface area contributed by atoms with E-state index in [4.69, 9.17) is 0 Å². The molecule has 0 atom stereocenters. The highest BCUT2D eigenvalue weighted by molar-refractivity contribution is 5.93. The number of hydrogen-bond acceptors (Lipinski definition) is 6. The standard InChI is InChI=1S/C18H24N6O/c1-18(2,3)17(25)20-14-7-8-16(22-21-14)24-12-10-23(11-13-24)15-6-4-5-9-19-15/h4-9H,10-13H2,1-3H3,(H,20,21,25). The normalized spacial score (nSPS) is 15.2. The maximum atomic E-state index is 12.0. The number of pyridine rings is 1. The Hall–Kier alpha value is -2.70. The summed E-state index contributed by atoms with van der Waals surface area (Å²) in [5, 5.41) is 11.2. The summed E-state index contributed by atoms with van der Waals surface area (Å²) in [6.45, 7) is 9.10. The molecule has 1 N–H and O–H groups in total. The van der Waals surface area contributed by atoms with Gasteiger partial charge in [-0.1, -0.05) is 26.8 Å². The molecule has 7 nitrogen and oxygen atoms in total. The van der Waals surface area contributed by atoms with E-state index in [1.807, 2.05) is 51.2 Å². The molecule has 0 radical (unpaired) electrons. The highest BCUT2D eigenvalue weighted by atomic mass is 16.2. The third kappa shape index (κ3) is 4.23. The molecule has 25 heavy (non-hydrogen) atoms. The topological polar surface area (TPSA) is 74.2 Å². The van der Waals surface area contributed by atoms with E-state index in [0.29, 0.717) is 5.82 Å². The van der Waals surface area contributed by atoms with Crippen LogP contribution in [0.15, 0.2) is 36.5 Å². The van der Waals surface area contributed by atoms with Gasteiger partial charge in [0, 0.05) is 37.8 Å². The van der Waals surface area contributed by atoms with E-state index in [1.54, 1.807) is 6.07 Å². The van der Waals surface area contributed by atoms with E-state index >= 15 is 0 Å². The maximum Gasteiger partial charge on any atom is 0.230 e. The number of rotatable bonds is 3. The zero-order valence-electron chi connectivity index (χ0n) is 14.9. The van der Waals surface area contributed by atoms with Gasteiger partial charge in [0.05, 0.1) is 0 Å². The number of nitrogens with zero attached hydrogens (tertiary/aromatic N) is 5. The molecule has 2 aromatic rings. The van der Waals surface area contributed by atoms with Gasteiger partial charge in [-0.15, -0.1) is 10.2 Å². The second-order valence-corrected chi connectivity index (χ2v) is 7.14. The Morgan fingerprint density at radius 1 is 0.960 bits per heavy atom. The van der Waals surface area contributed by atoms with Crippen molar-refractivity contribution in [2.75, 3.05) is 41.3 Å². The minimum absolute atomic E-state index is 0.0708. The lowest BCUT2D eigenvalue weighted by Crippen LogP contribution is -2.47. The van der Waals surface area contributed by atoms with Crippen LogP contribution in [0.4, 0.5) is 17.5 Å². The van der Waals surface area contributed by atoms with Gasteiger partial charge in [-0.3, -0.25) is 4.79 Å². The van der Waals surface area contributed by atoms with Crippen molar-refractivity contribution >= 4 is 23.4 Å². The highest BCUT2D eigenvalue weighted by Crippen LogP contribution is 2.19. The van der Waals surface area contributed by atoms with Gasteiger partial charge < -0.3 is 15.1 Å². The number of amides is 1. The molecule has 0 aliphatic carbocycles. The van der Waals surface area contributed by atoms with Crippen molar-refractivity contribution in [1.29, 1.82) is 0 Å². The molecule has 0 bridgehead atoms. The predicted octanol–water partition coefficient (Wildman–Crippen LogP) is 2.18. The predicted molar refractivity (Wildman–Crippen MR) is 98.8 cm³/mol. The molecule has 0 saturated carbocycles. The lowest BCUT2D eigenvalue weighted by atomic mass is 9.96. The summed E-state index contributed by atoms with van der Waals surface area (Å²) in [7, 11) is 0. The number of carbonyl (C=O) groups excluding carboxylic acids is 1. The van der Waals surface area contributed by atoms with Crippen LogP contribution in [-0.2, 0) is 4.79 Å². The minimum atomic E-state index is -0.456. The maximum absolute atomic E-state index is 12.0. The van der Waals surface area contributed by atoms with Crippen LogP contribution in [0, 0.1) is 5.41 Å². The van der Waals surface area contributed by atoms with Crippen molar-refractivity contribution in [2.24, 2.45) is 5.41 Å². The Morgan fingerprint density at radius 2 is 1.64 bits per heavy atom. The van der Waals surface area contributed by atoms with Gasteiger partial charge in [-0.05, 0) is 24.3 Å². The van der Waals surface area contributed by atoms with Crippen LogP contribution in [0.3, 0.4) is 0 Å². The molecule has 1 amide bonds. The fourth-order valence-electron chi connectivity index (χ4n) is 2.57. The summed E-state index contributed by atoms with van der Waals surface area (Å²) >= 11 is 0. The lowest BCUT2D eigenvalue weighted by Gasteiger charge is -2.35. The SMILES string of the molecule is CC(C)(C)C(=O)Nc1ccc(N2CCN(c3ccccn3)CC2)nn1. The first kappa shape index (κ1) is 17.1. The first-order valence-corrected chi connectivity index (χ1v) is 8.49. The Labute approximate surface area is 148 Å². The Kier molecular flexibility index (Phi) is 4.83. The average Bonchev–Trinajstić information content (AvgIpc) is 2.62. The van der Waals surface area contributed by atoms with Gasteiger partial charge in [0.1, 0.15) is 5.82 Å². The average molecular weight is 340 g/mol. The molecule has 0 aromatic carbocycles. The largest absolute Gasteiger partial charge is 0.353 e. The number of anilines is 3. The molecule has 7 heteroatoms. The van der Waals surface area contributed by atoms with Crippen LogP contribution in [0.2, 0.25) is 0 Å². The van der Waals surface area contributed by atoms with Crippen LogP contribution >= 0.6 is 0 Å². The third-order valence-electron chi connectivity index (χ3n) is 4.15. The van der Waals surface area contributed by atoms with Crippen LogP contribution in [0.5, 0.6) is 0 Å².